The van der Waals surface area contributed by atoms with Gasteiger partial charge in [-0.25, -0.2) is 4.79 Å². The summed E-state index contributed by atoms with van der Waals surface area (Å²) in [7, 11) is 0. The molecule has 6 nitrogen and oxygen atoms in total. The summed E-state index contributed by atoms with van der Waals surface area (Å²) in [6.07, 6.45) is 2.51. The number of ether oxygens (including phenoxy) is 2. The van der Waals surface area contributed by atoms with E-state index in [0.717, 1.165) is 42.6 Å². The van der Waals surface area contributed by atoms with Crippen LogP contribution in [0.15, 0.2) is 18.2 Å². The molecular weight excluding hydrogens is 306 g/mol. The molecule has 0 radical (unpaired) electrons. The van der Waals surface area contributed by atoms with Gasteiger partial charge in [0.25, 0.3) is 0 Å². The van der Waals surface area contributed by atoms with Crippen LogP contribution in [0.5, 0.6) is 11.5 Å². The zero-order valence-electron chi connectivity index (χ0n) is 14.5. The number of benzene rings is 1. The van der Waals surface area contributed by atoms with E-state index in [4.69, 9.17) is 9.47 Å². The summed E-state index contributed by atoms with van der Waals surface area (Å²) in [5.41, 5.74) is 0.999. The summed E-state index contributed by atoms with van der Waals surface area (Å²) in [4.78, 5) is 14.5. The van der Waals surface area contributed by atoms with E-state index in [1.54, 1.807) is 0 Å². The number of piperidine rings is 1. The van der Waals surface area contributed by atoms with E-state index in [2.05, 4.69) is 22.5 Å². The molecule has 2 amide bonds. The molecule has 24 heavy (non-hydrogen) atoms. The summed E-state index contributed by atoms with van der Waals surface area (Å²) >= 11 is 0. The zero-order chi connectivity index (χ0) is 16.9. The van der Waals surface area contributed by atoms with Crippen LogP contribution in [0.3, 0.4) is 0 Å². The third kappa shape index (κ3) is 4.32. The molecule has 1 fully saturated rings. The van der Waals surface area contributed by atoms with Gasteiger partial charge in [0.15, 0.2) is 11.5 Å². The molecule has 2 N–H and O–H groups in total. The van der Waals surface area contributed by atoms with E-state index < -0.39 is 0 Å². The number of amides is 2. The second kappa shape index (κ2) is 7.75. The van der Waals surface area contributed by atoms with Crippen LogP contribution in [0.1, 0.15) is 38.3 Å². The van der Waals surface area contributed by atoms with Crippen LogP contribution in [0.4, 0.5) is 4.79 Å². The van der Waals surface area contributed by atoms with Crippen LogP contribution >= 0.6 is 0 Å². The van der Waals surface area contributed by atoms with Crippen molar-refractivity contribution in [1.29, 1.82) is 0 Å². The second-order valence-electron chi connectivity index (χ2n) is 6.76. The lowest BCUT2D eigenvalue weighted by Gasteiger charge is -2.30. The quantitative estimate of drug-likeness (QED) is 0.869. The molecule has 0 bridgehead atoms. The number of urea groups is 1. The van der Waals surface area contributed by atoms with E-state index in [-0.39, 0.29) is 18.9 Å². The molecule has 1 aromatic carbocycles. The SMILES string of the molecule is CC1CCN(CCNC(=O)NC(C)c2ccc3c(c2)OCO3)CC1. The van der Waals surface area contributed by atoms with Gasteiger partial charge in [0.05, 0.1) is 6.04 Å². The Morgan fingerprint density at radius 1 is 1.29 bits per heavy atom. The smallest absolute Gasteiger partial charge is 0.315 e. The molecule has 132 valence electrons. The predicted octanol–water partition coefficient (Wildman–Crippen LogP) is 2.51. The maximum atomic E-state index is 12.1. The van der Waals surface area contributed by atoms with Gasteiger partial charge in [-0.1, -0.05) is 13.0 Å². The number of likely N-dealkylation sites (tertiary alicyclic amines) is 1. The highest BCUT2D eigenvalue weighted by Gasteiger charge is 2.17. The van der Waals surface area contributed by atoms with Crippen molar-refractivity contribution in [3.05, 3.63) is 23.8 Å². The molecule has 2 aliphatic rings. The minimum absolute atomic E-state index is 0.0877. The summed E-state index contributed by atoms with van der Waals surface area (Å²) < 4.78 is 10.7. The van der Waals surface area contributed by atoms with Crippen LogP contribution in [-0.2, 0) is 0 Å². The van der Waals surface area contributed by atoms with Gasteiger partial charge in [0.2, 0.25) is 6.79 Å². The standard InChI is InChI=1S/C18H27N3O3/c1-13-5-8-21(9-6-13)10-7-19-18(22)20-14(2)15-3-4-16-17(11-15)24-12-23-16/h3-4,11,13-14H,5-10,12H2,1-2H3,(H2,19,20,22). The average molecular weight is 333 g/mol. The normalized spacial score (nSPS) is 19.1. The third-order valence-corrected chi connectivity index (χ3v) is 4.83. The fraction of sp³-hybridized carbons (Fsp3) is 0.611. The lowest BCUT2D eigenvalue weighted by atomic mass is 9.99. The molecule has 0 aromatic heterocycles. The number of carbonyl (C=O) groups is 1. The number of nitrogens with zero attached hydrogens (tertiary/aromatic N) is 1. The van der Waals surface area contributed by atoms with Crippen LogP contribution in [0.2, 0.25) is 0 Å². The Labute approximate surface area is 143 Å². The maximum Gasteiger partial charge on any atom is 0.315 e. The summed E-state index contributed by atoms with van der Waals surface area (Å²) in [5.74, 6) is 2.33. The van der Waals surface area contributed by atoms with Gasteiger partial charge in [0, 0.05) is 13.1 Å². The molecule has 0 spiro atoms. The van der Waals surface area contributed by atoms with Crippen LogP contribution in [0, 0.1) is 5.92 Å². The molecule has 2 aliphatic heterocycles. The van der Waals surface area contributed by atoms with Gasteiger partial charge in [-0.2, -0.15) is 0 Å². The Balaban J connectivity index is 1.40. The first-order chi connectivity index (χ1) is 11.6. The van der Waals surface area contributed by atoms with E-state index in [9.17, 15) is 4.79 Å². The Kier molecular flexibility index (Phi) is 5.45. The minimum atomic E-state index is -0.134. The van der Waals surface area contributed by atoms with E-state index in [1.165, 1.54) is 12.8 Å². The first-order valence-corrected chi connectivity index (χ1v) is 8.78. The predicted molar refractivity (Wildman–Crippen MR) is 92.4 cm³/mol. The van der Waals surface area contributed by atoms with Gasteiger partial charge in [-0.05, 0) is 56.5 Å². The molecule has 0 aliphatic carbocycles. The van der Waals surface area contributed by atoms with Crippen molar-refractivity contribution < 1.29 is 14.3 Å². The number of hydrogen-bond acceptors (Lipinski definition) is 4. The van der Waals surface area contributed by atoms with Gasteiger partial charge in [-0.3, -0.25) is 0 Å². The van der Waals surface area contributed by atoms with Gasteiger partial charge in [-0.15, -0.1) is 0 Å². The molecule has 1 atom stereocenters. The highest BCUT2D eigenvalue weighted by atomic mass is 16.7. The summed E-state index contributed by atoms with van der Waals surface area (Å²) in [6, 6.07) is 5.53. The Morgan fingerprint density at radius 2 is 2.04 bits per heavy atom. The minimum Gasteiger partial charge on any atom is -0.454 e. The number of hydrogen-bond donors (Lipinski definition) is 2. The Morgan fingerprint density at radius 3 is 2.83 bits per heavy atom. The molecule has 3 rings (SSSR count). The van der Waals surface area contributed by atoms with Crippen molar-refractivity contribution in [3.8, 4) is 11.5 Å². The number of rotatable bonds is 5. The maximum absolute atomic E-state index is 12.1. The van der Waals surface area contributed by atoms with Gasteiger partial charge in [0.1, 0.15) is 0 Å². The van der Waals surface area contributed by atoms with E-state index >= 15 is 0 Å². The lowest BCUT2D eigenvalue weighted by molar-refractivity contribution is 0.174. The Bertz CT molecular complexity index is 571. The van der Waals surface area contributed by atoms with E-state index in [0.29, 0.717) is 6.54 Å². The van der Waals surface area contributed by atoms with Gasteiger partial charge >= 0.3 is 6.03 Å². The van der Waals surface area contributed by atoms with E-state index in [1.807, 2.05) is 25.1 Å². The van der Waals surface area contributed by atoms with Crippen molar-refractivity contribution in [1.82, 2.24) is 15.5 Å². The van der Waals surface area contributed by atoms with Crippen LogP contribution < -0.4 is 20.1 Å². The first kappa shape index (κ1) is 16.9. The van der Waals surface area contributed by atoms with Crippen LogP contribution in [0.25, 0.3) is 0 Å². The highest BCUT2D eigenvalue weighted by Crippen LogP contribution is 2.34. The molecule has 1 unspecified atom stereocenters. The molecule has 2 heterocycles. The fourth-order valence-corrected chi connectivity index (χ4v) is 3.13. The highest BCUT2D eigenvalue weighted by molar-refractivity contribution is 5.74. The average Bonchev–Trinajstić information content (AvgIpc) is 3.04. The first-order valence-electron chi connectivity index (χ1n) is 8.78. The molecule has 1 saturated heterocycles. The van der Waals surface area contributed by atoms with Crippen molar-refractivity contribution in [2.24, 2.45) is 5.92 Å². The molecule has 1 aromatic rings. The fourth-order valence-electron chi connectivity index (χ4n) is 3.13. The van der Waals surface area contributed by atoms with Crippen molar-refractivity contribution in [3.63, 3.8) is 0 Å². The molecule has 6 heteroatoms. The van der Waals surface area contributed by atoms with Crippen molar-refractivity contribution in [2.75, 3.05) is 33.0 Å². The number of fused-ring (bicyclic) bond motifs is 1. The lowest BCUT2D eigenvalue weighted by Crippen LogP contribution is -2.43. The van der Waals surface area contributed by atoms with Crippen LogP contribution in [-0.4, -0.2) is 43.9 Å². The summed E-state index contributed by atoms with van der Waals surface area (Å²) in [5, 5.41) is 5.91. The topological polar surface area (TPSA) is 62.8 Å². The number of carbonyl (C=O) groups excluding carboxylic acids is 1. The molecular formula is C18H27N3O3. The second-order valence-corrected chi connectivity index (χ2v) is 6.76. The van der Waals surface area contributed by atoms with Gasteiger partial charge < -0.3 is 25.0 Å². The summed E-state index contributed by atoms with van der Waals surface area (Å²) in [6.45, 7) is 8.39. The monoisotopic (exact) mass is 333 g/mol. The van der Waals surface area contributed by atoms with Crippen molar-refractivity contribution >= 4 is 6.03 Å². The Hall–Kier alpha value is -1.95. The molecule has 0 saturated carbocycles. The zero-order valence-corrected chi connectivity index (χ0v) is 14.5. The number of nitrogens with one attached hydrogen (secondary N) is 2. The largest absolute Gasteiger partial charge is 0.454 e. The third-order valence-electron chi connectivity index (χ3n) is 4.83. The van der Waals surface area contributed by atoms with Crippen molar-refractivity contribution in [2.45, 2.75) is 32.7 Å².